The highest BCUT2D eigenvalue weighted by Gasteiger charge is 2.40. The quantitative estimate of drug-likeness (QED) is 0.549. The van der Waals surface area contributed by atoms with E-state index in [0.717, 1.165) is 5.69 Å². The molecule has 1 fully saturated rings. The summed E-state index contributed by atoms with van der Waals surface area (Å²) in [6, 6.07) is 15.6. The molecule has 1 aliphatic rings. The summed E-state index contributed by atoms with van der Waals surface area (Å²) in [6.07, 6.45) is 2.03. The number of carbonyl (C=O) groups excluding carboxylic acids is 1. The van der Waals surface area contributed by atoms with Gasteiger partial charge in [0, 0.05) is 34.6 Å². The number of anilines is 1. The third-order valence-electron chi connectivity index (χ3n) is 4.96. The van der Waals surface area contributed by atoms with Gasteiger partial charge in [-0.25, -0.2) is 4.39 Å². The Hall–Kier alpha value is -2.84. The van der Waals surface area contributed by atoms with Crippen molar-refractivity contribution >= 4 is 40.3 Å². The molecule has 0 radical (unpaired) electrons. The molecule has 1 aromatic carbocycles. The van der Waals surface area contributed by atoms with Crippen LogP contribution in [0.4, 0.5) is 10.1 Å². The van der Waals surface area contributed by atoms with E-state index < -0.39 is 0 Å². The van der Waals surface area contributed by atoms with E-state index in [4.69, 9.17) is 12.2 Å². The molecule has 4 rings (SSSR count). The van der Waals surface area contributed by atoms with E-state index in [1.165, 1.54) is 21.9 Å². The number of rotatable bonds is 6. The molecular formula is C22H21FN4OS2. The largest absolute Gasteiger partial charge is 0.352 e. The maximum atomic E-state index is 13.1. The molecular weight excluding hydrogens is 419 g/mol. The van der Waals surface area contributed by atoms with E-state index in [1.54, 1.807) is 29.7 Å². The molecule has 0 aliphatic carbocycles. The minimum Gasteiger partial charge on any atom is -0.352 e. The molecule has 154 valence electrons. The zero-order chi connectivity index (χ0) is 21.1. The van der Waals surface area contributed by atoms with Crippen molar-refractivity contribution in [2.24, 2.45) is 0 Å². The second-order valence-electron chi connectivity index (χ2n) is 7.07. The highest BCUT2D eigenvalue weighted by atomic mass is 32.1. The Morgan fingerprint density at radius 2 is 2.03 bits per heavy atom. The first-order valence-electron chi connectivity index (χ1n) is 9.61. The van der Waals surface area contributed by atoms with Crippen LogP contribution in [-0.4, -0.2) is 27.4 Å². The van der Waals surface area contributed by atoms with Crippen LogP contribution in [0.2, 0.25) is 0 Å². The Morgan fingerprint density at radius 1 is 1.23 bits per heavy atom. The fourth-order valence-corrected chi connectivity index (χ4v) is 4.91. The standard InChI is InChI=1S/C22H21FN4OS2/c1-14-5-10-18(30-14)21-20(17-4-2-3-12-24-17)26-22(29)27(21)13-11-19(28)25-16-8-6-15(23)7-9-16/h2-10,12,20-21H,11,13H2,1H3,(H,25,28)(H,26,29)/t20-,21-/m1/s1. The molecule has 0 spiro atoms. The van der Waals surface area contributed by atoms with Crippen molar-refractivity contribution in [3.63, 3.8) is 0 Å². The Kier molecular flexibility index (Phi) is 6.06. The third kappa shape index (κ3) is 4.49. The van der Waals surface area contributed by atoms with Gasteiger partial charge in [0.1, 0.15) is 5.82 Å². The second-order valence-corrected chi connectivity index (χ2v) is 8.78. The predicted molar refractivity (Wildman–Crippen MR) is 121 cm³/mol. The number of hydrogen-bond acceptors (Lipinski definition) is 4. The molecule has 0 bridgehead atoms. The molecule has 0 unspecified atom stereocenters. The molecule has 2 atom stereocenters. The summed E-state index contributed by atoms with van der Waals surface area (Å²) in [4.78, 5) is 21.4. The molecule has 0 saturated carbocycles. The van der Waals surface area contributed by atoms with Gasteiger partial charge in [-0.2, -0.15) is 0 Å². The van der Waals surface area contributed by atoms with Gasteiger partial charge in [-0.15, -0.1) is 11.3 Å². The van der Waals surface area contributed by atoms with Crippen molar-refractivity contribution < 1.29 is 9.18 Å². The normalized spacial score (nSPS) is 18.3. The van der Waals surface area contributed by atoms with Crippen LogP contribution < -0.4 is 10.6 Å². The number of nitrogens with one attached hydrogen (secondary N) is 2. The minimum absolute atomic E-state index is 0.0373. The van der Waals surface area contributed by atoms with Gasteiger partial charge < -0.3 is 15.5 Å². The Bertz CT molecular complexity index is 1040. The molecule has 3 aromatic rings. The summed E-state index contributed by atoms with van der Waals surface area (Å²) in [5.41, 5.74) is 1.48. The van der Waals surface area contributed by atoms with Gasteiger partial charge in [-0.05, 0) is 67.7 Å². The first-order valence-corrected chi connectivity index (χ1v) is 10.8. The highest BCUT2D eigenvalue weighted by molar-refractivity contribution is 7.80. The number of halogens is 1. The molecule has 5 nitrogen and oxygen atoms in total. The molecule has 30 heavy (non-hydrogen) atoms. The van der Waals surface area contributed by atoms with Gasteiger partial charge in [-0.1, -0.05) is 6.07 Å². The number of pyridine rings is 1. The van der Waals surface area contributed by atoms with Crippen LogP contribution in [0.25, 0.3) is 0 Å². The summed E-state index contributed by atoms with van der Waals surface area (Å²) in [5.74, 6) is -0.483. The number of benzene rings is 1. The zero-order valence-electron chi connectivity index (χ0n) is 16.3. The summed E-state index contributed by atoms with van der Waals surface area (Å²) >= 11 is 7.34. The maximum absolute atomic E-state index is 13.1. The topological polar surface area (TPSA) is 57.3 Å². The fourth-order valence-electron chi connectivity index (χ4n) is 3.55. The smallest absolute Gasteiger partial charge is 0.226 e. The van der Waals surface area contributed by atoms with Crippen molar-refractivity contribution in [2.75, 3.05) is 11.9 Å². The molecule has 2 N–H and O–H groups in total. The van der Waals surface area contributed by atoms with E-state index in [-0.39, 0.29) is 30.2 Å². The summed E-state index contributed by atoms with van der Waals surface area (Å²) in [7, 11) is 0. The number of amides is 1. The summed E-state index contributed by atoms with van der Waals surface area (Å²) in [6.45, 7) is 2.54. The van der Waals surface area contributed by atoms with Gasteiger partial charge in [-0.3, -0.25) is 9.78 Å². The molecule has 8 heteroatoms. The Morgan fingerprint density at radius 3 is 2.70 bits per heavy atom. The Labute approximate surface area is 183 Å². The van der Waals surface area contributed by atoms with Crippen LogP contribution in [0.3, 0.4) is 0 Å². The van der Waals surface area contributed by atoms with Crippen molar-refractivity contribution in [3.8, 4) is 0 Å². The second kappa shape index (κ2) is 8.89. The number of thiocarbonyl (C=S) groups is 1. The van der Waals surface area contributed by atoms with Gasteiger partial charge in [0.15, 0.2) is 5.11 Å². The third-order valence-corrected chi connectivity index (χ3v) is 6.38. The highest BCUT2D eigenvalue weighted by Crippen LogP contribution is 2.41. The molecule has 1 amide bonds. The number of aromatic nitrogens is 1. The van der Waals surface area contributed by atoms with Crippen LogP contribution in [0.1, 0.15) is 34.0 Å². The first kappa shape index (κ1) is 20.4. The predicted octanol–water partition coefficient (Wildman–Crippen LogP) is 4.59. The van der Waals surface area contributed by atoms with Crippen LogP contribution >= 0.6 is 23.6 Å². The van der Waals surface area contributed by atoms with E-state index >= 15 is 0 Å². The number of carbonyl (C=O) groups is 1. The van der Waals surface area contributed by atoms with Crippen molar-refractivity contribution in [2.45, 2.75) is 25.4 Å². The molecule has 1 saturated heterocycles. The number of nitrogens with zero attached hydrogens (tertiary/aromatic N) is 2. The van der Waals surface area contributed by atoms with Crippen LogP contribution in [-0.2, 0) is 4.79 Å². The lowest BCUT2D eigenvalue weighted by atomic mass is 10.0. The monoisotopic (exact) mass is 440 g/mol. The summed E-state index contributed by atoms with van der Waals surface area (Å²) < 4.78 is 13.1. The summed E-state index contributed by atoms with van der Waals surface area (Å²) in [5, 5.41) is 6.80. The van der Waals surface area contributed by atoms with E-state index in [2.05, 4.69) is 39.6 Å². The van der Waals surface area contributed by atoms with E-state index in [9.17, 15) is 9.18 Å². The average Bonchev–Trinajstić information content (AvgIpc) is 3.31. The molecule has 2 aromatic heterocycles. The van der Waals surface area contributed by atoms with Crippen molar-refractivity contribution in [1.82, 2.24) is 15.2 Å². The van der Waals surface area contributed by atoms with Gasteiger partial charge >= 0.3 is 0 Å². The average molecular weight is 441 g/mol. The van der Waals surface area contributed by atoms with Crippen LogP contribution in [0.15, 0.2) is 60.8 Å². The number of thiophene rings is 1. The van der Waals surface area contributed by atoms with Crippen LogP contribution in [0, 0.1) is 12.7 Å². The number of aryl methyl sites for hydroxylation is 1. The molecule has 3 heterocycles. The van der Waals surface area contributed by atoms with Gasteiger partial charge in [0.05, 0.1) is 17.8 Å². The number of hydrogen-bond donors (Lipinski definition) is 2. The molecule has 1 aliphatic heterocycles. The Balaban J connectivity index is 1.51. The van der Waals surface area contributed by atoms with Gasteiger partial charge in [0.2, 0.25) is 5.91 Å². The minimum atomic E-state index is -0.337. The lowest BCUT2D eigenvalue weighted by Gasteiger charge is -2.26. The lowest BCUT2D eigenvalue weighted by Crippen LogP contribution is -2.32. The van der Waals surface area contributed by atoms with E-state index in [0.29, 0.717) is 17.3 Å². The first-order chi connectivity index (χ1) is 14.5. The van der Waals surface area contributed by atoms with Gasteiger partial charge in [0.25, 0.3) is 0 Å². The lowest BCUT2D eigenvalue weighted by molar-refractivity contribution is -0.116. The fraction of sp³-hybridized carbons (Fsp3) is 0.227. The van der Waals surface area contributed by atoms with Crippen LogP contribution in [0.5, 0.6) is 0 Å². The van der Waals surface area contributed by atoms with Crippen molar-refractivity contribution in [1.29, 1.82) is 0 Å². The SMILES string of the molecule is Cc1ccc([C@@H]2[C@@H](c3ccccn3)NC(=S)N2CCC(=O)Nc2ccc(F)cc2)s1. The maximum Gasteiger partial charge on any atom is 0.226 e. The van der Waals surface area contributed by atoms with E-state index in [1.807, 2.05) is 18.2 Å². The van der Waals surface area contributed by atoms with Crippen molar-refractivity contribution in [3.05, 3.63) is 82.1 Å². The zero-order valence-corrected chi connectivity index (χ0v) is 18.0.